The molecule has 0 saturated heterocycles. The lowest BCUT2D eigenvalue weighted by Crippen LogP contribution is -2.05. The first kappa shape index (κ1) is 14.3. The van der Waals surface area contributed by atoms with E-state index in [0.717, 1.165) is 0 Å². The molecule has 3 rings (SSSR count). The third-order valence-corrected chi connectivity index (χ3v) is 3.77. The van der Waals surface area contributed by atoms with Crippen molar-refractivity contribution in [1.29, 1.82) is 0 Å². The summed E-state index contributed by atoms with van der Waals surface area (Å²) in [5.74, 6) is 0.216. The summed E-state index contributed by atoms with van der Waals surface area (Å²) < 4.78 is 14.9. The zero-order chi connectivity index (χ0) is 15.1. The van der Waals surface area contributed by atoms with Crippen molar-refractivity contribution in [3.05, 3.63) is 45.0 Å². The second kappa shape index (κ2) is 5.29. The van der Waals surface area contributed by atoms with Crippen molar-refractivity contribution in [2.24, 2.45) is 0 Å². The number of hydrogen-bond acceptors (Lipinski definition) is 4. The molecule has 108 valence electrons. The number of benzene rings is 1. The highest BCUT2D eigenvalue weighted by atomic mass is 35.5. The number of hydrogen-bond donors (Lipinski definition) is 1. The minimum Gasteiger partial charge on any atom is -0.340 e. The second-order valence-corrected chi connectivity index (χ2v) is 5.40. The van der Waals surface area contributed by atoms with Gasteiger partial charge >= 0.3 is 0 Å². The number of nitrogens with one attached hydrogen (secondary N) is 1. The predicted octanol–water partition coefficient (Wildman–Crippen LogP) is 4.28. The SMILES string of the molecule is Cc1c(Cl)nc2ncnn2c1Nc1cc(Cl)c(F)c(Cl)c1. The number of fused-ring (bicyclic) bond motifs is 1. The van der Waals surface area contributed by atoms with Crippen molar-refractivity contribution in [3.63, 3.8) is 0 Å². The van der Waals surface area contributed by atoms with Crippen LogP contribution in [0.15, 0.2) is 18.5 Å². The fourth-order valence-corrected chi connectivity index (χ4v) is 2.46. The zero-order valence-electron chi connectivity index (χ0n) is 10.5. The van der Waals surface area contributed by atoms with Gasteiger partial charge in [-0.1, -0.05) is 34.8 Å². The first-order valence-corrected chi connectivity index (χ1v) is 6.88. The van der Waals surface area contributed by atoms with Crippen molar-refractivity contribution >= 4 is 52.1 Å². The van der Waals surface area contributed by atoms with Crippen LogP contribution in [0.25, 0.3) is 5.78 Å². The average molecular weight is 347 g/mol. The molecule has 0 atom stereocenters. The number of halogens is 4. The van der Waals surface area contributed by atoms with Crippen LogP contribution in [0.3, 0.4) is 0 Å². The van der Waals surface area contributed by atoms with Crippen LogP contribution in [0.1, 0.15) is 5.56 Å². The highest BCUT2D eigenvalue weighted by Gasteiger charge is 2.14. The van der Waals surface area contributed by atoms with Gasteiger partial charge in [0.25, 0.3) is 5.78 Å². The Morgan fingerprint density at radius 3 is 2.52 bits per heavy atom. The maximum absolute atomic E-state index is 13.4. The normalized spacial score (nSPS) is 11.1. The first-order valence-electron chi connectivity index (χ1n) is 5.75. The van der Waals surface area contributed by atoms with Crippen LogP contribution in [0.2, 0.25) is 15.2 Å². The maximum atomic E-state index is 13.4. The molecule has 0 amide bonds. The Balaban J connectivity index is 2.14. The molecule has 0 unspecified atom stereocenters. The molecule has 2 aromatic heterocycles. The van der Waals surface area contributed by atoms with Crippen LogP contribution in [0.5, 0.6) is 0 Å². The lowest BCUT2D eigenvalue weighted by atomic mass is 10.3. The second-order valence-electron chi connectivity index (χ2n) is 4.23. The zero-order valence-corrected chi connectivity index (χ0v) is 12.8. The lowest BCUT2D eigenvalue weighted by molar-refractivity contribution is 0.629. The van der Waals surface area contributed by atoms with Crippen LogP contribution in [0.4, 0.5) is 15.9 Å². The molecule has 0 aliphatic heterocycles. The van der Waals surface area contributed by atoms with Gasteiger partial charge in [0.1, 0.15) is 17.3 Å². The molecule has 0 bridgehead atoms. The summed E-state index contributed by atoms with van der Waals surface area (Å²) in [5, 5.41) is 7.23. The van der Waals surface area contributed by atoms with Gasteiger partial charge in [-0.2, -0.15) is 19.6 Å². The van der Waals surface area contributed by atoms with E-state index in [-0.39, 0.29) is 15.2 Å². The maximum Gasteiger partial charge on any atom is 0.255 e. The van der Waals surface area contributed by atoms with Crippen molar-refractivity contribution < 1.29 is 4.39 Å². The minimum atomic E-state index is -0.667. The summed E-state index contributed by atoms with van der Waals surface area (Å²) in [6, 6.07) is 2.83. The van der Waals surface area contributed by atoms with E-state index < -0.39 is 5.82 Å². The molecule has 0 fully saturated rings. The molecule has 9 heteroatoms. The van der Waals surface area contributed by atoms with Gasteiger partial charge < -0.3 is 5.32 Å². The summed E-state index contributed by atoms with van der Waals surface area (Å²) >= 11 is 17.6. The molecular weight excluding hydrogens is 340 g/mol. The predicted molar refractivity (Wildman–Crippen MR) is 80.2 cm³/mol. The summed E-state index contributed by atoms with van der Waals surface area (Å²) in [5.41, 5.74) is 1.15. The van der Waals surface area contributed by atoms with Gasteiger partial charge in [0.05, 0.1) is 10.0 Å². The van der Waals surface area contributed by atoms with E-state index in [9.17, 15) is 4.39 Å². The lowest BCUT2D eigenvalue weighted by Gasteiger charge is -2.12. The molecule has 0 spiro atoms. The molecule has 3 aromatic rings. The molecule has 21 heavy (non-hydrogen) atoms. The smallest absolute Gasteiger partial charge is 0.255 e. The molecule has 0 saturated carbocycles. The Labute approximate surface area is 133 Å². The van der Waals surface area contributed by atoms with E-state index in [1.165, 1.54) is 23.0 Å². The summed E-state index contributed by atoms with van der Waals surface area (Å²) in [6.45, 7) is 1.77. The Hall–Kier alpha value is -1.63. The molecular formula is C12H7Cl3FN5. The van der Waals surface area contributed by atoms with E-state index in [1.807, 2.05) is 0 Å². The van der Waals surface area contributed by atoms with Gasteiger partial charge in [-0.3, -0.25) is 0 Å². The van der Waals surface area contributed by atoms with Crippen LogP contribution in [-0.2, 0) is 0 Å². The van der Waals surface area contributed by atoms with Crippen LogP contribution < -0.4 is 5.32 Å². The Morgan fingerprint density at radius 1 is 1.19 bits per heavy atom. The molecule has 0 radical (unpaired) electrons. The standard InChI is InChI=1S/C12H7Cl3FN5/c1-5-10(15)20-12-17-4-18-21(12)11(5)19-6-2-7(13)9(16)8(14)3-6/h2-4,19H,1H3. The van der Waals surface area contributed by atoms with Crippen LogP contribution in [0, 0.1) is 12.7 Å². The number of anilines is 2. The number of aromatic nitrogens is 4. The molecule has 5 nitrogen and oxygen atoms in total. The van der Waals surface area contributed by atoms with E-state index in [0.29, 0.717) is 22.8 Å². The molecule has 1 aromatic carbocycles. The Bertz CT molecular complexity index is 825. The van der Waals surface area contributed by atoms with E-state index in [1.54, 1.807) is 6.92 Å². The Kier molecular flexibility index (Phi) is 3.61. The highest BCUT2D eigenvalue weighted by molar-refractivity contribution is 6.35. The minimum absolute atomic E-state index is 0.0855. The van der Waals surface area contributed by atoms with Gasteiger partial charge in [0.15, 0.2) is 5.82 Å². The van der Waals surface area contributed by atoms with Crippen molar-refractivity contribution in [3.8, 4) is 0 Å². The topological polar surface area (TPSA) is 55.1 Å². The van der Waals surface area contributed by atoms with Crippen molar-refractivity contribution in [2.45, 2.75) is 6.92 Å². The van der Waals surface area contributed by atoms with E-state index >= 15 is 0 Å². The third kappa shape index (κ3) is 2.50. The van der Waals surface area contributed by atoms with Gasteiger partial charge in [0.2, 0.25) is 0 Å². The molecule has 0 aliphatic carbocycles. The highest BCUT2D eigenvalue weighted by Crippen LogP contribution is 2.31. The van der Waals surface area contributed by atoms with Crippen LogP contribution in [-0.4, -0.2) is 19.6 Å². The largest absolute Gasteiger partial charge is 0.340 e. The average Bonchev–Trinajstić information content (AvgIpc) is 2.89. The van der Waals surface area contributed by atoms with E-state index in [2.05, 4.69) is 20.4 Å². The van der Waals surface area contributed by atoms with Crippen molar-refractivity contribution in [1.82, 2.24) is 19.6 Å². The molecule has 0 aliphatic rings. The monoisotopic (exact) mass is 345 g/mol. The van der Waals surface area contributed by atoms with Gasteiger partial charge in [-0.25, -0.2) is 4.39 Å². The fraction of sp³-hybridized carbons (Fsp3) is 0.0833. The quantitative estimate of drug-likeness (QED) is 0.556. The Morgan fingerprint density at radius 2 is 1.86 bits per heavy atom. The van der Waals surface area contributed by atoms with Gasteiger partial charge in [-0.05, 0) is 19.1 Å². The van der Waals surface area contributed by atoms with E-state index in [4.69, 9.17) is 34.8 Å². The van der Waals surface area contributed by atoms with Gasteiger partial charge in [0, 0.05) is 11.3 Å². The fourth-order valence-electron chi connectivity index (χ4n) is 1.81. The van der Waals surface area contributed by atoms with Gasteiger partial charge in [-0.15, -0.1) is 0 Å². The molecule has 2 heterocycles. The third-order valence-electron chi connectivity index (χ3n) is 2.85. The molecule has 1 N–H and O–H groups in total. The first-order chi connectivity index (χ1) is 9.97. The summed E-state index contributed by atoms with van der Waals surface area (Å²) in [4.78, 5) is 8.07. The number of nitrogens with zero attached hydrogens (tertiary/aromatic N) is 4. The number of rotatable bonds is 2. The summed E-state index contributed by atoms with van der Waals surface area (Å²) in [7, 11) is 0. The van der Waals surface area contributed by atoms with Crippen molar-refractivity contribution in [2.75, 3.05) is 5.32 Å². The van der Waals surface area contributed by atoms with Crippen LogP contribution >= 0.6 is 34.8 Å². The summed E-state index contributed by atoms with van der Waals surface area (Å²) in [6.07, 6.45) is 1.36.